The SMILES string of the molecule is O=[N+]([O-])c1cc(-c2cnc(C3COCCN3)[nH]2)ccc1F. The number of ether oxygens (including phenoxy) is 1. The fraction of sp³-hybridized carbons (Fsp3) is 0.308. The van der Waals surface area contributed by atoms with Crippen LogP contribution >= 0.6 is 0 Å². The number of imidazole rings is 1. The van der Waals surface area contributed by atoms with Crippen molar-refractivity contribution in [3.63, 3.8) is 0 Å². The molecule has 0 spiro atoms. The fourth-order valence-electron chi connectivity index (χ4n) is 2.22. The molecule has 0 aliphatic carbocycles. The predicted octanol–water partition coefficient (Wildman–Crippen LogP) is 1.78. The van der Waals surface area contributed by atoms with Gasteiger partial charge in [0.1, 0.15) is 5.82 Å². The Kier molecular flexibility index (Phi) is 3.63. The lowest BCUT2D eigenvalue weighted by molar-refractivity contribution is -0.387. The highest BCUT2D eigenvalue weighted by Crippen LogP contribution is 2.26. The van der Waals surface area contributed by atoms with Gasteiger partial charge in [0.15, 0.2) is 0 Å². The van der Waals surface area contributed by atoms with E-state index < -0.39 is 16.4 Å². The van der Waals surface area contributed by atoms with Crippen molar-refractivity contribution in [2.75, 3.05) is 19.8 Å². The molecule has 8 heteroatoms. The Hall–Kier alpha value is -2.32. The van der Waals surface area contributed by atoms with Crippen molar-refractivity contribution < 1.29 is 14.1 Å². The van der Waals surface area contributed by atoms with Crippen LogP contribution in [0.4, 0.5) is 10.1 Å². The Morgan fingerprint density at radius 2 is 2.33 bits per heavy atom. The van der Waals surface area contributed by atoms with Crippen LogP contribution in [0.3, 0.4) is 0 Å². The molecule has 0 bridgehead atoms. The number of hydrogen-bond donors (Lipinski definition) is 2. The number of aromatic nitrogens is 2. The number of benzene rings is 1. The minimum absolute atomic E-state index is 0.0389. The van der Waals surface area contributed by atoms with Crippen LogP contribution in [0.15, 0.2) is 24.4 Å². The van der Waals surface area contributed by atoms with Gasteiger partial charge in [-0.05, 0) is 12.1 Å². The van der Waals surface area contributed by atoms with E-state index in [1.165, 1.54) is 12.1 Å². The zero-order valence-corrected chi connectivity index (χ0v) is 11.0. The standard InChI is InChI=1S/C13H13FN4O3/c14-9-2-1-8(5-12(9)18(19)20)10-6-16-13(17-10)11-7-21-4-3-15-11/h1-2,5-6,11,15H,3-4,7H2,(H,16,17). The van der Waals surface area contributed by atoms with E-state index in [1.54, 1.807) is 6.20 Å². The first-order valence-electron chi connectivity index (χ1n) is 6.45. The van der Waals surface area contributed by atoms with Gasteiger partial charge in [-0.2, -0.15) is 4.39 Å². The predicted molar refractivity (Wildman–Crippen MR) is 72.2 cm³/mol. The fourth-order valence-corrected chi connectivity index (χ4v) is 2.22. The zero-order valence-electron chi connectivity index (χ0n) is 11.0. The molecule has 2 heterocycles. The molecule has 1 aromatic heterocycles. The van der Waals surface area contributed by atoms with Crippen LogP contribution in [0.1, 0.15) is 11.9 Å². The molecule has 2 aromatic rings. The van der Waals surface area contributed by atoms with Crippen molar-refractivity contribution in [3.05, 3.63) is 46.2 Å². The number of morpholine rings is 1. The third-order valence-electron chi connectivity index (χ3n) is 3.30. The number of rotatable bonds is 3. The van der Waals surface area contributed by atoms with E-state index in [0.717, 1.165) is 12.6 Å². The summed E-state index contributed by atoms with van der Waals surface area (Å²) >= 11 is 0. The van der Waals surface area contributed by atoms with E-state index in [9.17, 15) is 14.5 Å². The first-order chi connectivity index (χ1) is 10.1. The van der Waals surface area contributed by atoms with Gasteiger partial charge in [0, 0.05) is 18.2 Å². The van der Waals surface area contributed by atoms with Gasteiger partial charge in [0.2, 0.25) is 5.82 Å². The maximum absolute atomic E-state index is 13.3. The van der Waals surface area contributed by atoms with Crippen LogP contribution in [0.2, 0.25) is 0 Å². The van der Waals surface area contributed by atoms with Crippen molar-refractivity contribution in [3.8, 4) is 11.3 Å². The van der Waals surface area contributed by atoms with Crippen molar-refractivity contribution in [2.24, 2.45) is 0 Å². The molecule has 1 aliphatic heterocycles. The lowest BCUT2D eigenvalue weighted by atomic mass is 10.1. The van der Waals surface area contributed by atoms with E-state index in [-0.39, 0.29) is 6.04 Å². The Morgan fingerprint density at radius 3 is 3.05 bits per heavy atom. The maximum atomic E-state index is 13.3. The zero-order chi connectivity index (χ0) is 14.8. The van der Waals surface area contributed by atoms with Crippen molar-refractivity contribution in [1.29, 1.82) is 0 Å². The summed E-state index contributed by atoms with van der Waals surface area (Å²) in [5.41, 5.74) is 0.557. The van der Waals surface area contributed by atoms with Crippen molar-refractivity contribution >= 4 is 5.69 Å². The Bertz CT molecular complexity index is 667. The Morgan fingerprint density at radius 1 is 1.48 bits per heavy atom. The van der Waals surface area contributed by atoms with Crippen molar-refractivity contribution in [1.82, 2.24) is 15.3 Å². The van der Waals surface area contributed by atoms with Crippen LogP contribution in [0, 0.1) is 15.9 Å². The van der Waals surface area contributed by atoms with Crippen molar-refractivity contribution in [2.45, 2.75) is 6.04 Å². The molecule has 110 valence electrons. The molecule has 7 nitrogen and oxygen atoms in total. The third kappa shape index (κ3) is 2.76. The molecule has 0 radical (unpaired) electrons. The van der Waals surface area contributed by atoms with Gasteiger partial charge in [0.25, 0.3) is 0 Å². The lowest BCUT2D eigenvalue weighted by Crippen LogP contribution is -2.35. The molecule has 1 unspecified atom stereocenters. The summed E-state index contributed by atoms with van der Waals surface area (Å²) in [6.45, 7) is 1.91. The third-order valence-corrected chi connectivity index (χ3v) is 3.30. The van der Waals surface area contributed by atoms with E-state index in [1.807, 2.05) is 0 Å². The second-order valence-corrected chi connectivity index (χ2v) is 4.69. The average molecular weight is 292 g/mol. The molecule has 1 fully saturated rings. The number of H-pyrrole nitrogens is 1. The maximum Gasteiger partial charge on any atom is 0.305 e. The van der Waals surface area contributed by atoms with Gasteiger partial charge >= 0.3 is 5.69 Å². The van der Waals surface area contributed by atoms with E-state index in [0.29, 0.717) is 30.3 Å². The molecule has 1 aliphatic rings. The molecule has 1 saturated heterocycles. The monoisotopic (exact) mass is 292 g/mol. The summed E-state index contributed by atoms with van der Waals surface area (Å²) in [5.74, 6) is -0.164. The lowest BCUT2D eigenvalue weighted by Gasteiger charge is -2.21. The van der Waals surface area contributed by atoms with Crippen LogP contribution in [-0.2, 0) is 4.74 Å². The second kappa shape index (κ2) is 5.58. The topological polar surface area (TPSA) is 93.1 Å². The summed E-state index contributed by atoms with van der Waals surface area (Å²) in [6, 6.07) is 3.71. The summed E-state index contributed by atoms with van der Waals surface area (Å²) in [4.78, 5) is 17.4. The summed E-state index contributed by atoms with van der Waals surface area (Å²) < 4.78 is 18.7. The number of nitro benzene ring substituents is 1. The summed E-state index contributed by atoms with van der Waals surface area (Å²) in [5, 5.41) is 14.0. The largest absolute Gasteiger partial charge is 0.378 e. The molecule has 21 heavy (non-hydrogen) atoms. The first-order valence-corrected chi connectivity index (χ1v) is 6.45. The minimum Gasteiger partial charge on any atom is -0.378 e. The Labute approximate surface area is 119 Å². The molecule has 0 amide bonds. The number of nitrogens with zero attached hydrogens (tertiary/aromatic N) is 2. The highest BCUT2D eigenvalue weighted by atomic mass is 19.1. The molecule has 3 rings (SSSR count). The summed E-state index contributed by atoms with van der Waals surface area (Å²) in [7, 11) is 0. The van der Waals surface area contributed by atoms with E-state index in [4.69, 9.17) is 4.74 Å². The number of halogens is 1. The molecule has 1 aromatic carbocycles. The number of aromatic amines is 1. The van der Waals surface area contributed by atoms with Gasteiger partial charge in [-0.1, -0.05) is 0 Å². The van der Waals surface area contributed by atoms with E-state index >= 15 is 0 Å². The number of nitro groups is 1. The minimum atomic E-state index is -0.856. The molecule has 0 saturated carbocycles. The van der Waals surface area contributed by atoms with Crippen LogP contribution < -0.4 is 5.32 Å². The van der Waals surface area contributed by atoms with Crippen LogP contribution in [0.5, 0.6) is 0 Å². The molecule has 1 atom stereocenters. The first kappa shape index (κ1) is 13.7. The quantitative estimate of drug-likeness (QED) is 0.664. The molecule has 2 N–H and O–H groups in total. The normalized spacial score (nSPS) is 18.6. The molecular weight excluding hydrogens is 279 g/mol. The van der Waals surface area contributed by atoms with Crippen LogP contribution in [0.25, 0.3) is 11.3 Å². The highest BCUT2D eigenvalue weighted by Gasteiger charge is 2.20. The van der Waals surface area contributed by atoms with Gasteiger partial charge in [-0.25, -0.2) is 4.98 Å². The van der Waals surface area contributed by atoms with Gasteiger partial charge in [0.05, 0.1) is 36.1 Å². The van der Waals surface area contributed by atoms with Gasteiger partial charge in [-0.15, -0.1) is 0 Å². The smallest absolute Gasteiger partial charge is 0.305 e. The van der Waals surface area contributed by atoms with E-state index in [2.05, 4.69) is 15.3 Å². The Balaban J connectivity index is 1.89. The van der Waals surface area contributed by atoms with Crippen LogP contribution in [-0.4, -0.2) is 34.6 Å². The summed E-state index contributed by atoms with van der Waals surface area (Å²) in [6.07, 6.45) is 1.57. The van der Waals surface area contributed by atoms with Gasteiger partial charge in [-0.3, -0.25) is 10.1 Å². The van der Waals surface area contributed by atoms with Gasteiger partial charge < -0.3 is 15.0 Å². The second-order valence-electron chi connectivity index (χ2n) is 4.69. The molecular formula is C13H13FN4O3. The number of nitrogens with one attached hydrogen (secondary N) is 2. The number of hydrogen-bond acceptors (Lipinski definition) is 5. The highest BCUT2D eigenvalue weighted by molar-refractivity contribution is 5.62. The average Bonchev–Trinajstić information content (AvgIpc) is 2.98.